The predicted molar refractivity (Wildman–Crippen MR) is 85.3 cm³/mol. The van der Waals surface area contributed by atoms with Crippen LogP contribution in [0.2, 0.25) is 0 Å². The molecule has 20 heavy (non-hydrogen) atoms. The maximum atomic E-state index is 4.89. The van der Waals surface area contributed by atoms with Crippen LogP contribution in [0.15, 0.2) is 0 Å². The Labute approximate surface area is 124 Å². The highest BCUT2D eigenvalue weighted by atomic mass is 15.3. The smallest absolute Gasteiger partial charge is 0.0675 e. The molecule has 2 rings (SSSR count). The molecule has 0 radical (unpaired) electrons. The number of hydrogen-bond acceptors (Lipinski definition) is 2. The Morgan fingerprint density at radius 3 is 2.40 bits per heavy atom. The summed E-state index contributed by atoms with van der Waals surface area (Å²) in [4.78, 5) is 0. The second-order valence-electron chi connectivity index (χ2n) is 6.17. The van der Waals surface area contributed by atoms with Gasteiger partial charge < -0.3 is 5.32 Å². The molecule has 0 saturated heterocycles. The normalized spacial score (nSPS) is 24.4. The molecule has 1 aromatic heterocycles. The van der Waals surface area contributed by atoms with Crippen molar-refractivity contribution < 1.29 is 0 Å². The fourth-order valence-electron chi connectivity index (χ4n) is 3.79. The van der Waals surface area contributed by atoms with Gasteiger partial charge in [0.25, 0.3) is 0 Å². The average Bonchev–Trinajstić information content (AvgIpc) is 2.68. The zero-order chi connectivity index (χ0) is 14.5. The lowest BCUT2D eigenvalue weighted by Crippen LogP contribution is -2.39. The number of nitrogens with zero attached hydrogens (tertiary/aromatic N) is 2. The van der Waals surface area contributed by atoms with Gasteiger partial charge in [0.05, 0.1) is 11.7 Å². The van der Waals surface area contributed by atoms with Gasteiger partial charge in [0.15, 0.2) is 0 Å². The van der Waals surface area contributed by atoms with Crippen molar-refractivity contribution in [2.24, 2.45) is 0 Å². The van der Waals surface area contributed by atoms with Crippen molar-refractivity contribution in [2.75, 3.05) is 6.54 Å². The maximum Gasteiger partial charge on any atom is 0.0675 e. The van der Waals surface area contributed by atoms with Gasteiger partial charge in [-0.1, -0.05) is 39.5 Å². The minimum absolute atomic E-state index is 0.536. The van der Waals surface area contributed by atoms with E-state index < -0.39 is 0 Å². The molecular weight excluding hydrogens is 246 g/mol. The second-order valence-corrected chi connectivity index (χ2v) is 6.17. The van der Waals surface area contributed by atoms with Crippen molar-refractivity contribution in [3.8, 4) is 0 Å². The molecule has 2 atom stereocenters. The Balaban J connectivity index is 2.29. The molecule has 0 aromatic carbocycles. The van der Waals surface area contributed by atoms with Crippen LogP contribution in [-0.4, -0.2) is 22.4 Å². The third kappa shape index (κ3) is 3.25. The third-order valence-electron chi connectivity index (χ3n) is 4.84. The first kappa shape index (κ1) is 15.6. The van der Waals surface area contributed by atoms with E-state index in [1.165, 1.54) is 55.5 Å². The average molecular weight is 277 g/mol. The molecule has 1 saturated carbocycles. The number of nitrogens with one attached hydrogen (secondary N) is 1. The Bertz CT molecular complexity index is 422. The van der Waals surface area contributed by atoms with Gasteiger partial charge in [-0.25, -0.2) is 0 Å². The molecular formula is C17H31N3. The fraction of sp³-hybridized carbons (Fsp3) is 0.824. The fourth-order valence-corrected chi connectivity index (χ4v) is 3.79. The Hall–Kier alpha value is -0.830. The molecule has 1 N–H and O–H groups in total. The molecule has 1 aromatic rings. The monoisotopic (exact) mass is 277 g/mol. The van der Waals surface area contributed by atoms with E-state index in [4.69, 9.17) is 5.10 Å². The quantitative estimate of drug-likeness (QED) is 0.903. The summed E-state index contributed by atoms with van der Waals surface area (Å²) < 4.78 is 2.34. The summed E-state index contributed by atoms with van der Waals surface area (Å²) in [6.07, 6.45) is 9.12. The third-order valence-corrected chi connectivity index (χ3v) is 4.84. The van der Waals surface area contributed by atoms with Crippen LogP contribution < -0.4 is 5.32 Å². The molecule has 0 spiro atoms. The van der Waals surface area contributed by atoms with Crippen molar-refractivity contribution >= 4 is 0 Å². The SMILES string of the molecule is CCNC1CCCCCCC1n1nc(C)c(CC)c1C. The highest BCUT2D eigenvalue weighted by Gasteiger charge is 2.26. The summed E-state index contributed by atoms with van der Waals surface area (Å²) >= 11 is 0. The Morgan fingerprint density at radius 1 is 1.10 bits per heavy atom. The summed E-state index contributed by atoms with van der Waals surface area (Å²) in [6.45, 7) is 9.92. The van der Waals surface area contributed by atoms with E-state index in [2.05, 4.69) is 37.7 Å². The maximum absolute atomic E-state index is 4.89. The van der Waals surface area contributed by atoms with E-state index >= 15 is 0 Å². The first-order valence-corrected chi connectivity index (χ1v) is 8.47. The summed E-state index contributed by atoms with van der Waals surface area (Å²) in [5.41, 5.74) is 4.06. The molecule has 3 heteroatoms. The van der Waals surface area contributed by atoms with Gasteiger partial charge >= 0.3 is 0 Å². The molecule has 2 unspecified atom stereocenters. The molecule has 1 heterocycles. The summed E-state index contributed by atoms with van der Waals surface area (Å²) in [6, 6.07) is 1.12. The van der Waals surface area contributed by atoms with Crippen molar-refractivity contribution in [3.05, 3.63) is 17.0 Å². The number of rotatable bonds is 4. The lowest BCUT2D eigenvalue weighted by Gasteiger charge is -2.31. The van der Waals surface area contributed by atoms with Crippen LogP contribution in [0.4, 0.5) is 0 Å². The van der Waals surface area contributed by atoms with Crippen LogP contribution in [0.3, 0.4) is 0 Å². The highest BCUT2D eigenvalue weighted by Crippen LogP contribution is 2.29. The standard InChI is InChI=1S/C17H31N3/c1-5-15-13(3)19-20(14(15)4)17-12-10-8-7-9-11-16(17)18-6-2/h16-18H,5-12H2,1-4H3. The number of aryl methyl sites for hydroxylation is 1. The molecule has 1 aliphatic rings. The van der Waals surface area contributed by atoms with Gasteiger partial charge in [0.2, 0.25) is 0 Å². The van der Waals surface area contributed by atoms with Crippen LogP contribution >= 0.6 is 0 Å². The van der Waals surface area contributed by atoms with E-state index in [0.717, 1.165) is 13.0 Å². The summed E-state index contributed by atoms with van der Waals surface area (Å²) in [5.74, 6) is 0. The zero-order valence-corrected chi connectivity index (χ0v) is 13.7. The molecule has 1 fully saturated rings. The number of hydrogen-bond donors (Lipinski definition) is 1. The minimum Gasteiger partial charge on any atom is -0.312 e. The van der Waals surface area contributed by atoms with E-state index in [-0.39, 0.29) is 0 Å². The van der Waals surface area contributed by atoms with Gasteiger partial charge in [-0.3, -0.25) is 4.68 Å². The van der Waals surface area contributed by atoms with Crippen LogP contribution in [0.5, 0.6) is 0 Å². The zero-order valence-electron chi connectivity index (χ0n) is 13.7. The van der Waals surface area contributed by atoms with E-state index in [1.807, 2.05) is 0 Å². The van der Waals surface area contributed by atoms with Gasteiger partial charge in [-0.05, 0) is 45.2 Å². The summed E-state index contributed by atoms with van der Waals surface area (Å²) in [7, 11) is 0. The molecule has 3 nitrogen and oxygen atoms in total. The lowest BCUT2D eigenvalue weighted by atomic mass is 9.92. The minimum atomic E-state index is 0.536. The molecule has 1 aliphatic carbocycles. The van der Waals surface area contributed by atoms with Crippen LogP contribution in [0, 0.1) is 13.8 Å². The molecule has 114 valence electrons. The van der Waals surface area contributed by atoms with Gasteiger partial charge in [-0.15, -0.1) is 0 Å². The molecule has 0 bridgehead atoms. The number of aromatic nitrogens is 2. The summed E-state index contributed by atoms with van der Waals surface area (Å²) in [5, 5.41) is 8.60. The van der Waals surface area contributed by atoms with Gasteiger partial charge in [0, 0.05) is 11.7 Å². The van der Waals surface area contributed by atoms with Crippen molar-refractivity contribution in [3.63, 3.8) is 0 Å². The Kier molecular flexibility index (Phi) is 5.64. The van der Waals surface area contributed by atoms with E-state index in [9.17, 15) is 0 Å². The lowest BCUT2D eigenvalue weighted by molar-refractivity contribution is 0.266. The molecule has 0 aliphatic heterocycles. The highest BCUT2D eigenvalue weighted by molar-refractivity contribution is 5.25. The van der Waals surface area contributed by atoms with E-state index in [0.29, 0.717) is 12.1 Å². The molecule has 0 amide bonds. The first-order chi connectivity index (χ1) is 9.69. The topological polar surface area (TPSA) is 29.9 Å². The van der Waals surface area contributed by atoms with Crippen LogP contribution in [0.25, 0.3) is 0 Å². The van der Waals surface area contributed by atoms with Gasteiger partial charge in [0.1, 0.15) is 0 Å². The Morgan fingerprint density at radius 2 is 1.80 bits per heavy atom. The van der Waals surface area contributed by atoms with Crippen LogP contribution in [-0.2, 0) is 6.42 Å². The number of likely N-dealkylation sites (N-methyl/N-ethyl adjacent to an activating group) is 1. The van der Waals surface area contributed by atoms with E-state index in [1.54, 1.807) is 0 Å². The van der Waals surface area contributed by atoms with Crippen LogP contribution in [0.1, 0.15) is 75.4 Å². The predicted octanol–water partition coefficient (Wildman–Crippen LogP) is 3.94. The van der Waals surface area contributed by atoms with Gasteiger partial charge in [-0.2, -0.15) is 5.10 Å². The largest absolute Gasteiger partial charge is 0.312 e. The van der Waals surface area contributed by atoms with Crippen molar-refractivity contribution in [1.29, 1.82) is 0 Å². The van der Waals surface area contributed by atoms with Crippen molar-refractivity contribution in [1.82, 2.24) is 15.1 Å². The first-order valence-electron chi connectivity index (χ1n) is 8.47. The second kappa shape index (κ2) is 7.26. The van der Waals surface area contributed by atoms with Crippen molar-refractivity contribution in [2.45, 2.75) is 84.7 Å².